The summed E-state index contributed by atoms with van der Waals surface area (Å²) in [4.78, 5) is 30.3. The van der Waals surface area contributed by atoms with Crippen molar-refractivity contribution < 1.29 is 18.8 Å². The average Bonchev–Trinajstić information content (AvgIpc) is 3.47. The largest absolute Gasteiger partial charge is 0.494 e. The Morgan fingerprint density at radius 1 is 1.17 bits per heavy atom. The molecular weight excluding hydrogens is 559 g/mol. The van der Waals surface area contributed by atoms with Gasteiger partial charge in [0.05, 0.1) is 41.6 Å². The number of hydrogen-bond acceptors (Lipinski definition) is 6. The molecule has 0 unspecified atom stereocenters. The first kappa shape index (κ1) is 28.7. The molecule has 216 valence electrons. The van der Waals surface area contributed by atoms with Crippen LogP contribution in [0.4, 0.5) is 15.8 Å². The number of anilines is 1. The van der Waals surface area contributed by atoms with Crippen LogP contribution in [0, 0.1) is 29.8 Å². The lowest BCUT2D eigenvalue weighted by molar-refractivity contribution is -0.384. The Morgan fingerprint density at radius 3 is 2.60 bits per heavy atom. The summed E-state index contributed by atoms with van der Waals surface area (Å²) >= 11 is 5.77. The first-order valence-corrected chi connectivity index (χ1v) is 13.6. The number of benzene rings is 2. The summed E-state index contributed by atoms with van der Waals surface area (Å²) in [5.74, 6) is -0.243. The summed E-state index contributed by atoms with van der Waals surface area (Å²) in [5, 5.41) is 18.1. The highest BCUT2D eigenvalue weighted by atomic mass is 32.1. The van der Waals surface area contributed by atoms with Crippen LogP contribution in [0.3, 0.4) is 0 Å². The summed E-state index contributed by atoms with van der Waals surface area (Å²) in [6.07, 6.45) is 1.86. The molecule has 3 heterocycles. The van der Waals surface area contributed by atoms with Crippen LogP contribution >= 0.6 is 12.2 Å². The fourth-order valence-electron chi connectivity index (χ4n) is 5.39. The molecule has 0 radical (unpaired) electrons. The van der Waals surface area contributed by atoms with E-state index in [-0.39, 0.29) is 35.9 Å². The van der Waals surface area contributed by atoms with E-state index in [0.29, 0.717) is 28.8 Å². The fourth-order valence-corrected chi connectivity index (χ4v) is 5.72. The lowest BCUT2D eigenvalue weighted by Crippen LogP contribution is -2.32. The number of methoxy groups -OCH3 is 1. The number of nitrogens with one attached hydrogen (secondary N) is 2. The van der Waals surface area contributed by atoms with Crippen molar-refractivity contribution in [1.82, 2.24) is 19.8 Å². The third kappa shape index (κ3) is 5.66. The SMILES string of the molecule is COc1cc([N+](=O)[O-])ccc1-n1c(C)cc([C@@H]2[C@@H](c3ccccn3)NC(=S)N2CCC(=O)Nc2ccc(F)cc2)c1C. The number of carbonyl (C=O) groups excluding carboxylic acids is 1. The molecular formula is C30H29FN6O4S. The van der Waals surface area contributed by atoms with Gasteiger partial charge in [-0.3, -0.25) is 19.9 Å². The van der Waals surface area contributed by atoms with Crippen LogP contribution in [-0.4, -0.2) is 44.0 Å². The molecule has 5 rings (SSSR count). The number of non-ortho nitro benzene ring substituents is 1. The highest BCUT2D eigenvalue weighted by Gasteiger charge is 2.41. The van der Waals surface area contributed by atoms with E-state index in [0.717, 1.165) is 22.6 Å². The van der Waals surface area contributed by atoms with Gasteiger partial charge in [0.2, 0.25) is 5.91 Å². The number of hydrogen-bond donors (Lipinski definition) is 2. The minimum Gasteiger partial charge on any atom is -0.494 e. The molecule has 0 spiro atoms. The number of nitrogens with zero attached hydrogens (tertiary/aromatic N) is 4. The van der Waals surface area contributed by atoms with Gasteiger partial charge in [-0.15, -0.1) is 0 Å². The average molecular weight is 589 g/mol. The number of carbonyl (C=O) groups is 1. The predicted molar refractivity (Wildman–Crippen MR) is 160 cm³/mol. The van der Waals surface area contributed by atoms with Crippen molar-refractivity contribution in [2.24, 2.45) is 0 Å². The van der Waals surface area contributed by atoms with E-state index in [1.807, 2.05) is 41.5 Å². The van der Waals surface area contributed by atoms with E-state index in [4.69, 9.17) is 17.0 Å². The molecule has 2 aromatic heterocycles. The van der Waals surface area contributed by atoms with Crippen molar-refractivity contribution in [2.45, 2.75) is 32.4 Å². The van der Waals surface area contributed by atoms with Crippen LogP contribution in [-0.2, 0) is 4.79 Å². The van der Waals surface area contributed by atoms with E-state index in [1.54, 1.807) is 12.3 Å². The monoisotopic (exact) mass is 588 g/mol. The molecule has 1 aliphatic heterocycles. The maximum absolute atomic E-state index is 13.3. The number of ether oxygens (including phenoxy) is 1. The van der Waals surface area contributed by atoms with Crippen LogP contribution < -0.4 is 15.4 Å². The highest BCUT2D eigenvalue weighted by Crippen LogP contribution is 2.42. The normalized spacial score (nSPS) is 16.3. The zero-order valence-corrected chi connectivity index (χ0v) is 24.0. The second-order valence-electron chi connectivity index (χ2n) is 9.90. The minimum absolute atomic E-state index is 0.0658. The number of aromatic nitrogens is 2. The molecule has 10 nitrogen and oxygen atoms in total. The Morgan fingerprint density at radius 2 is 1.93 bits per heavy atom. The number of aryl methyl sites for hydroxylation is 1. The maximum Gasteiger partial charge on any atom is 0.273 e. The summed E-state index contributed by atoms with van der Waals surface area (Å²) in [7, 11) is 1.48. The minimum atomic E-state index is -0.459. The Hall–Kier alpha value is -4.84. The molecule has 2 aromatic carbocycles. The van der Waals surface area contributed by atoms with Crippen LogP contribution in [0.2, 0.25) is 0 Å². The van der Waals surface area contributed by atoms with Crippen LogP contribution in [0.5, 0.6) is 5.75 Å². The quantitative estimate of drug-likeness (QED) is 0.149. The first-order chi connectivity index (χ1) is 20.2. The van der Waals surface area contributed by atoms with Gasteiger partial charge in [0.25, 0.3) is 5.69 Å². The van der Waals surface area contributed by atoms with Crippen molar-refractivity contribution in [1.29, 1.82) is 0 Å². The Bertz CT molecular complexity index is 1640. The second kappa shape index (κ2) is 12.0. The molecule has 0 saturated carbocycles. The molecule has 1 amide bonds. The van der Waals surface area contributed by atoms with E-state index in [2.05, 4.69) is 21.7 Å². The van der Waals surface area contributed by atoms with Crippen molar-refractivity contribution in [3.05, 3.63) is 112 Å². The molecule has 12 heteroatoms. The highest BCUT2D eigenvalue weighted by molar-refractivity contribution is 7.80. The maximum atomic E-state index is 13.3. The molecule has 0 aliphatic carbocycles. The van der Waals surface area contributed by atoms with Crippen molar-refractivity contribution in [2.75, 3.05) is 19.0 Å². The molecule has 42 heavy (non-hydrogen) atoms. The molecule has 1 fully saturated rings. The van der Waals surface area contributed by atoms with Crippen molar-refractivity contribution in [3.8, 4) is 11.4 Å². The van der Waals surface area contributed by atoms with E-state index < -0.39 is 4.92 Å². The van der Waals surface area contributed by atoms with Gasteiger partial charge in [0.1, 0.15) is 11.6 Å². The lowest BCUT2D eigenvalue weighted by atomic mass is 9.96. The fraction of sp³-hybridized carbons (Fsp3) is 0.233. The third-order valence-corrected chi connectivity index (χ3v) is 7.66. The number of thiocarbonyl (C=S) groups is 1. The lowest BCUT2D eigenvalue weighted by Gasteiger charge is -2.28. The molecule has 0 bridgehead atoms. The van der Waals surface area contributed by atoms with Gasteiger partial charge in [-0.05, 0) is 80.2 Å². The summed E-state index contributed by atoms with van der Waals surface area (Å²) in [5.41, 5.74) is 4.63. The number of amides is 1. The number of halogens is 1. The number of pyridine rings is 1. The Balaban J connectivity index is 1.50. The van der Waals surface area contributed by atoms with Crippen LogP contribution in [0.1, 0.15) is 41.1 Å². The molecule has 4 aromatic rings. The Labute approximate surface area is 247 Å². The topological polar surface area (TPSA) is 115 Å². The van der Waals surface area contributed by atoms with E-state index >= 15 is 0 Å². The van der Waals surface area contributed by atoms with Crippen LogP contribution in [0.15, 0.2) is 72.9 Å². The molecule has 1 saturated heterocycles. The van der Waals surface area contributed by atoms with E-state index in [9.17, 15) is 19.3 Å². The number of rotatable bonds is 9. The van der Waals surface area contributed by atoms with E-state index in [1.165, 1.54) is 43.5 Å². The molecule has 2 atom stereocenters. The van der Waals surface area contributed by atoms with Gasteiger partial charge in [0.15, 0.2) is 5.11 Å². The standard InChI is InChI=1S/C30H29FN6O4S/c1-18-16-23(19(2)36(18)25-12-11-22(37(39)40)17-26(25)41-3)29-28(24-6-4-5-14-32-24)34-30(42)35(29)15-13-27(38)33-21-9-7-20(31)8-10-21/h4-12,14,16-17,28-29H,13,15H2,1-3H3,(H,33,38)(H,34,42)/t28-,29-/m1/s1. The first-order valence-electron chi connectivity index (χ1n) is 13.2. The smallest absolute Gasteiger partial charge is 0.273 e. The van der Waals surface area contributed by atoms with Crippen molar-refractivity contribution >= 4 is 34.6 Å². The number of nitro benzene ring substituents is 1. The molecule has 2 N–H and O–H groups in total. The summed E-state index contributed by atoms with van der Waals surface area (Å²) in [6, 6.07) is 17.3. The van der Waals surface area contributed by atoms with Gasteiger partial charge in [-0.25, -0.2) is 4.39 Å². The Kier molecular flexibility index (Phi) is 8.16. The van der Waals surface area contributed by atoms with Crippen LogP contribution in [0.25, 0.3) is 5.69 Å². The molecule has 1 aliphatic rings. The second-order valence-corrected chi connectivity index (χ2v) is 10.3. The summed E-state index contributed by atoms with van der Waals surface area (Å²) in [6.45, 7) is 4.24. The van der Waals surface area contributed by atoms with Gasteiger partial charge < -0.3 is 24.8 Å². The third-order valence-electron chi connectivity index (χ3n) is 7.31. The van der Waals surface area contributed by atoms with Crippen molar-refractivity contribution in [3.63, 3.8) is 0 Å². The van der Waals surface area contributed by atoms with Gasteiger partial charge >= 0.3 is 0 Å². The van der Waals surface area contributed by atoms with Gasteiger partial charge in [-0.1, -0.05) is 6.07 Å². The van der Waals surface area contributed by atoms with Gasteiger partial charge in [0, 0.05) is 42.3 Å². The summed E-state index contributed by atoms with van der Waals surface area (Å²) < 4.78 is 20.8. The van der Waals surface area contributed by atoms with Gasteiger partial charge in [-0.2, -0.15) is 0 Å². The zero-order valence-electron chi connectivity index (χ0n) is 23.2. The predicted octanol–water partition coefficient (Wildman–Crippen LogP) is 5.55. The zero-order chi connectivity index (χ0) is 30.0. The number of nitro groups is 1.